The van der Waals surface area contributed by atoms with E-state index in [2.05, 4.69) is 20.6 Å². The molecule has 0 fully saturated rings. The number of nitrogens with zero attached hydrogens (tertiary/aromatic N) is 2. The molecule has 0 aliphatic rings. The van der Waals surface area contributed by atoms with Gasteiger partial charge in [0.1, 0.15) is 29.3 Å². The number of carbonyl (C=O) groups is 1. The second-order valence-electron chi connectivity index (χ2n) is 7.06. The van der Waals surface area contributed by atoms with Gasteiger partial charge in [-0.2, -0.15) is 0 Å². The first-order valence-electron chi connectivity index (χ1n) is 8.64. The maximum atomic E-state index is 12.4. The highest BCUT2D eigenvalue weighted by atomic mass is 16.5. The summed E-state index contributed by atoms with van der Waals surface area (Å²) in [6, 6.07) is 18.3. The number of hydrogen-bond donors (Lipinski definition) is 2. The molecule has 6 heteroatoms. The van der Waals surface area contributed by atoms with E-state index in [0.29, 0.717) is 22.9 Å². The average Bonchev–Trinajstić information content (AvgIpc) is 2.63. The van der Waals surface area contributed by atoms with Gasteiger partial charge in [0.15, 0.2) is 0 Å². The van der Waals surface area contributed by atoms with Crippen molar-refractivity contribution in [3.05, 3.63) is 72.7 Å². The molecule has 1 aromatic heterocycles. The maximum Gasteiger partial charge on any atom is 0.274 e. The summed E-state index contributed by atoms with van der Waals surface area (Å²) in [6.07, 6.45) is 1.37. The van der Waals surface area contributed by atoms with Gasteiger partial charge in [-0.3, -0.25) is 4.79 Å². The Bertz CT molecular complexity index is 903. The molecule has 1 amide bonds. The molecule has 0 aliphatic carbocycles. The Morgan fingerprint density at radius 1 is 0.926 bits per heavy atom. The number of rotatable bonds is 5. The average molecular weight is 362 g/mol. The number of benzene rings is 2. The van der Waals surface area contributed by atoms with E-state index in [0.717, 1.165) is 5.75 Å². The largest absolute Gasteiger partial charge is 0.457 e. The van der Waals surface area contributed by atoms with E-state index in [1.165, 1.54) is 6.33 Å². The fourth-order valence-corrected chi connectivity index (χ4v) is 2.36. The first-order valence-corrected chi connectivity index (χ1v) is 8.64. The molecule has 0 bridgehead atoms. The molecule has 3 aromatic rings. The van der Waals surface area contributed by atoms with Gasteiger partial charge in [-0.15, -0.1) is 0 Å². The van der Waals surface area contributed by atoms with Gasteiger partial charge < -0.3 is 15.4 Å². The summed E-state index contributed by atoms with van der Waals surface area (Å²) in [4.78, 5) is 20.6. The molecule has 2 N–H and O–H groups in total. The highest BCUT2D eigenvalue weighted by Gasteiger charge is 2.13. The number of carbonyl (C=O) groups excluding carboxylic acids is 1. The van der Waals surface area contributed by atoms with Crippen molar-refractivity contribution in [2.45, 2.75) is 26.3 Å². The Hall–Kier alpha value is -3.41. The summed E-state index contributed by atoms with van der Waals surface area (Å²) in [5.41, 5.74) is 0.794. The minimum Gasteiger partial charge on any atom is -0.457 e. The van der Waals surface area contributed by atoms with Crippen molar-refractivity contribution >= 4 is 17.4 Å². The topological polar surface area (TPSA) is 76.1 Å². The predicted molar refractivity (Wildman–Crippen MR) is 106 cm³/mol. The number of hydrogen-bond acceptors (Lipinski definition) is 5. The zero-order chi connectivity index (χ0) is 19.3. The Morgan fingerprint density at radius 2 is 1.59 bits per heavy atom. The van der Waals surface area contributed by atoms with Gasteiger partial charge in [0.05, 0.1) is 0 Å². The summed E-state index contributed by atoms with van der Waals surface area (Å²) in [7, 11) is 0. The number of ether oxygens (including phenoxy) is 1. The fourth-order valence-electron chi connectivity index (χ4n) is 2.36. The van der Waals surface area contributed by atoms with Crippen LogP contribution < -0.4 is 15.4 Å². The number of anilines is 2. The summed E-state index contributed by atoms with van der Waals surface area (Å²) in [5, 5.41) is 6.05. The molecule has 3 rings (SSSR count). The molecule has 0 saturated heterocycles. The highest BCUT2D eigenvalue weighted by Crippen LogP contribution is 2.23. The van der Waals surface area contributed by atoms with Gasteiger partial charge in [0, 0.05) is 17.3 Å². The standard InChI is InChI=1S/C21H22N4O2/c1-21(2,3)25-19-13-18(22-14-23-19)20(26)24-15-9-11-17(12-10-15)27-16-7-5-4-6-8-16/h4-14H,1-3H3,(H,24,26)(H,22,23,25). The molecule has 0 saturated carbocycles. The van der Waals surface area contributed by atoms with Gasteiger partial charge in [0.25, 0.3) is 5.91 Å². The molecule has 138 valence electrons. The lowest BCUT2D eigenvalue weighted by Crippen LogP contribution is -2.27. The summed E-state index contributed by atoms with van der Waals surface area (Å²) in [6.45, 7) is 6.07. The van der Waals surface area contributed by atoms with E-state index in [-0.39, 0.29) is 11.4 Å². The van der Waals surface area contributed by atoms with Gasteiger partial charge in [0.2, 0.25) is 0 Å². The third-order valence-corrected chi connectivity index (χ3v) is 3.49. The van der Waals surface area contributed by atoms with Gasteiger partial charge >= 0.3 is 0 Å². The first kappa shape index (κ1) is 18.4. The third-order valence-electron chi connectivity index (χ3n) is 3.49. The van der Waals surface area contributed by atoms with Crippen molar-refractivity contribution in [1.29, 1.82) is 0 Å². The zero-order valence-corrected chi connectivity index (χ0v) is 15.6. The van der Waals surface area contributed by atoms with Crippen LogP contribution in [0.5, 0.6) is 11.5 Å². The first-order chi connectivity index (χ1) is 12.9. The van der Waals surface area contributed by atoms with Crippen LogP contribution in [-0.4, -0.2) is 21.4 Å². The lowest BCUT2D eigenvalue weighted by atomic mass is 10.1. The lowest BCUT2D eigenvalue weighted by molar-refractivity contribution is 0.102. The SMILES string of the molecule is CC(C)(C)Nc1cc(C(=O)Nc2ccc(Oc3ccccc3)cc2)ncn1. The molecule has 27 heavy (non-hydrogen) atoms. The van der Waals surface area contributed by atoms with Crippen LogP contribution in [-0.2, 0) is 0 Å². The Morgan fingerprint density at radius 3 is 2.26 bits per heavy atom. The molecule has 0 aliphatic heterocycles. The number of nitrogens with one attached hydrogen (secondary N) is 2. The highest BCUT2D eigenvalue weighted by molar-refractivity contribution is 6.03. The van der Waals surface area contributed by atoms with Crippen LogP contribution in [0.15, 0.2) is 67.0 Å². The molecule has 2 aromatic carbocycles. The number of aromatic nitrogens is 2. The molecule has 1 heterocycles. The van der Waals surface area contributed by atoms with Crippen LogP contribution in [0.1, 0.15) is 31.3 Å². The molecular weight excluding hydrogens is 340 g/mol. The van der Waals surface area contributed by atoms with E-state index in [1.807, 2.05) is 51.1 Å². The van der Waals surface area contributed by atoms with E-state index >= 15 is 0 Å². The minimum atomic E-state index is -0.300. The minimum absolute atomic E-state index is 0.156. The normalized spacial score (nSPS) is 10.9. The van der Waals surface area contributed by atoms with Crippen molar-refractivity contribution in [3.63, 3.8) is 0 Å². The molecule has 6 nitrogen and oxygen atoms in total. The molecule has 0 radical (unpaired) electrons. The van der Waals surface area contributed by atoms with Crippen LogP contribution in [0.4, 0.5) is 11.5 Å². The zero-order valence-electron chi connectivity index (χ0n) is 15.6. The van der Waals surface area contributed by atoms with Crippen LogP contribution in [0.3, 0.4) is 0 Å². The second kappa shape index (κ2) is 7.86. The van der Waals surface area contributed by atoms with Crippen molar-refractivity contribution in [2.24, 2.45) is 0 Å². The maximum absolute atomic E-state index is 12.4. The molecule has 0 spiro atoms. The van der Waals surface area contributed by atoms with E-state index < -0.39 is 0 Å². The Balaban J connectivity index is 1.65. The van der Waals surface area contributed by atoms with Gasteiger partial charge in [-0.25, -0.2) is 9.97 Å². The predicted octanol–water partition coefficient (Wildman–Crippen LogP) is 4.73. The van der Waals surface area contributed by atoms with Gasteiger partial charge in [-0.1, -0.05) is 18.2 Å². The Labute approximate surface area is 158 Å². The van der Waals surface area contributed by atoms with E-state index in [1.54, 1.807) is 30.3 Å². The van der Waals surface area contributed by atoms with Gasteiger partial charge in [-0.05, 0) is 57.2 Å². The van der Waals surface area contributed by atoms with Crippen LogP contribution in [0.25, 0.3) is 0 Å². The fraction of sp³-hybridized carbons (Fsp3) is 0.190. The molecule has 0 atom stereocenters. The quantitative estimate of drug-likeness (QED) is 0.686. The van der Waals surface area contributed by atoms with Crippen molar-refractivity contribution in [3.8, 4) is 11.5 Å². The summed E-state index contributed by atoms with van der Waals surface area (Å²) in [5.74, 6) is 1.76. The second-order valence-corrected chi connectivity index (χ2v) is 7.06. The number of para-hydroxylation sites is 1. The monoisotopic (exact) mass is 362 g/mol. The molecule has 0 unspecified atom stereocenters. The van der Waals surface area contributed by atoms with E-state index in [4.69, 9.17) is 4.74 Å². The lowest BCUT2D eigenvalue weighted by Gasteiger charge is -2.21. The summed E-state index contributed by atoms with van der Waals surface area (Å²) >= 11 is 0. The van der Waals surface area contributed by atoms with E-state index in [9.17, 15) is 4.79 Å². The van der Waals surface area contributed by atoms with Crippen molar-refractivity contribution in [2.75, 3.05) is 10.6 Å². The Kier molecular flexibility index (Phi) is 5.35. The van der Waals surface area contributed by atoms with Crippen LogP contribution in [0.2, 0.25) is 0 Å². The van der Waals surface area contributed by atoms with Crippen LogP contribution in [0, 0.1) is 0 Å². The summed E-state index contributed by atoms with van der Waals surface area (Å²) < 4.78 is 5.74. The van der Waals surface area contributed by atoms with Crippen molar-refractivity contribution < 1.29 is 9.53 Å². The number of amides is 1. The van der Waals surface area contributed by atoms with Crippen molar-refractivity contribution in [1.82, 2.24) is 9.97 Å². The third kappa shape index (κ3) is 5.54. The smallest absolute Gasteiger partial charge is 0.274 e. The molecular formula is C21H22N4O2. The van der Waals surface area contributed by atoms with Crippen LogP contribution >= 0.6 is 0 Å².